The summed E-state index contributed by atoms with van der Waals surface area (Å²) in [4.78, 5) is 25.7. The van der Waals surface area contributed by atoms with Gasteiger partial charge in [0.15, 0.2) is 0 Å². The SMILES string of the molecule is C=CCOc1ccc(OC(=O)c2ccc(OCCCCCCCC)cc2)cc1C(=O)OCc1ccccc1C#N. The second-order valence-corrected chi connectivity index (χ2v) is 9.13. The predicted molar refractivity (Wildman–Crippen MR) is 153 cm³/mol. The van der Waals surface area contributed by atoms with Crippen LogP contribution in [0.15, 0.2) is 79.4 Å². The first-order chi connectivity index (χ1) is 19.5. The zero-order chi connectivity index (χ0) is 28.6. The summed E-state index contributed by atoms with van der Waals surface area (Å²) in [5.41, 5.74) is 1.42. The summed E-state index contributed by atoms with van der Waals surface area (Å²) in [6.07, 6.45) is 8.67. The Morgan fingerprint density at radius 1 is 0.875 bits per heavy atom. The molecule has 0 aliphatic heterocycles. The first-order valence-electron chi connectivity index (χ1n) is 13.5. The zero-order valence-electron chi connectivity index (χ0n) is 22.9. The highest BCUT2D eigenvalue weighted by atomic mass is 16.5. The van der Waals surface area contributed by atoms with Gasteiger partial charge in [0.05, 0.1) is 23.8 Å². The summed E-state index contributed by atoms with van der Waals surface area (Å²) in [5, 5.41) is 9.28. The topological polar surface area (TPSA) is 94.8 Å². The Labute approximate surface area is 235 Å². The van der Waals surface area contributed by atoms with Crippen LogP contribution in [0.5, 0.6) is 17.2 Å². The van der Waals surface area contributed by atoms with Gasteiger partial charge in [-0.05, 0) is 55.0 Å². The van der Waals surface area contributed by atoms with E-state index in [1.54, 1.807) is 54.6 Å². The molecule has 3 aromatic carbocycles. The van der Waals surface area contributed by atoms with Crippen LogP contribution < -0.4 is 14.2 Å². The summed E-state index contributed by atoms with van der Waals surface area (Å²) in [5.74, 6) is -0.160. The van der Waals surface area contributed by atoms with Gasteiger partial charge in [0, 0.05) is 5.56 Å². The molecule has 7 nitrogen and oxygen atoms in total. The van der Waals surface area contributed by atoms with Crippen molar-refractivity contribution in [1.82, 2.24) is 0 Å². The zero-order valence-corrected chi connectivity index (χ0v) is 22.9. The molecule has 0 N–H and O–H groups in total. The lowest BCUT2D eigenvalue weighted by Crippen LogP contribution is -2.12. The van der Waals surface area contributed by atoms with Crippen molar-refractivity contribution < 1.29 is 28.5 Å². The number of carbonyl (C=O) groups is 2. The van der Waals surface area contributed by atoms with Crippen LogP contribution in [-0.2, 0) is 11.3 Å². The van der Waals surface area contributed by atoms with Crippen molar-refractivity contribution in [2.24, 2.45) is 0 Å². The molecule has 0 saturated heterocycles. The molecular formula is C33H35NO6. The molecule has 40 heavy (non-hydrogen) atoms. The molecule has 0 amide bonds. The van der Waals surface area contributed by atoms with Crippen LogP contribution in [0.3, 0.4) is 0 Å². The number of hydrogen-bond acceptors (Lipinski definition) is 7. The van der Waals surface area contributed by atoms with Crippen LogP contribution in [-0.4, -0.2) is 25.2 Å². The minimum absolute atomic E-state index is 0.0834. The average Bonchev–Trinajstić information content (AvgIpc) is 2.99. The second kappa shape index (κ2) is 16.4. The summed E-state index contributed by atoms with van der Waals surface area (Å²) in [6.45, 7) is 6.54. The Bertz CT molecular complexity index is 1310. The van der Waals surface area contributed by atoms with Gasteiger partial charge in [-0.1, -0.05) is 69.9 Å². The molecule has 0 spiro atoms. The van der Waals surface area contributed by atoms with Gasteiger partial charge in [0.25, 0.3) is 0 Å². The summed E-state index contributed by atoms with van der Waals surface area (Å²) in [7, 11) is 0. The molecule has 0 unspecified atom stereocenters. The smallest absolute Gasteiger partial charge is 0.343 e. The fraction of sp³-hybridized carbons (Fsp3) is 0.303. The fourth-order valence-corrected chi connectivity index (χ4v) is 3.91. The van der Waals surface area contributed by atoms with Gasteiger partial charge in [-0.3, -0.25) is 0 Å². The maximum absolute atomic E-state index is 13.0. The van der Waals surface area contributed by atoms with Gasteiger partial charge < -0.3 is 18.9 Å². The molecule has 0 saturated carbocycles. The Hall–Kier alpha value is -4.57. The molecule has 0 radical (unpaired) electrons. The van der Waals surface area contributed by atoms with Crippen LogP contribution in [0.4, 0.5) is 0 Å². The number of carbonyl (C=O) groups excluding carboxylic acids is 2. The highest BCUT2D eigenvalue weighted by Gasteiger charge is 2.18. The van der Waals surface area contributed by atoms with Crippen molar-refractivity contribution >= 4 is 11.9 Å². The predicted octanol–water partition coefficient (Wildman–Crippen LogP) is 7.44. The van der Waals surface area contributed by atoms with Crippen molar-refractivity contribution in [2.45, 2.75) is 52.1 Å². The maximum Gasteiger partial charge on any atom is 0.343 e. The van der Waals surface area contributed by atoms with Gasteiger partial charge in [0.2, 0.25) is 0 Å². The number of ether oxygens (including phenoxy) is 4. The van der Waals surface area contributed by atoms with E-state index in [-0.39, 0.29) is 30.3 Å². The highest BCUT2D eigenvalue weighted by molar-refractivity contribution is 5.94. The number of nitriles is 1. The minimum Gasteiger partial charge on any atom is -0.494 e. The Balaban J connectivity index is 1.61. The first-order valence-corrected chi connectivity index (χ1v) is 13.5. The van der Waals surface area contributed by atoms with E-state index < -0.39 is 11.9 Å². The lowest BCUT2D eigenvalue weighted by atomic mass is 10.1. The van der Waals surface area contributed by atoms with Crippen molar-refractivity contribution in [2.75, 3.05) is 13.2 Å². The number of rotatable bonds is 16. The summed E-state index contributed by atoms with van der Waals surface area (Å²) < 4.78 is 22.4. The molecule has 0 bridgehead atoms. The molecule has 3 rings (SSSR count). The average molecular weight is 542 g/mol. The fourth-order valence-electron chi connectivity index (χ4n) is 3.91. The Kier molecular flexibility index (Phi) is 12.3. The minimum atomic E-state index is -0.684. The van der Waals surface area contributed by atoms with E-state index >= 15 is 0 Å². The van der Waals surface area contributed by atoms with Gasteiger partial charge in [-0.15, -0.1) is 0 Å². The largest absolute Gasteiger partial charge is 0.494 e. The molecule has 3 aromatic rings. The van der Waals surface area contributed by atoms with Crippen LogP contribution >= 0.6 is 0 Å². The number of benzene rings is 3. The standard InChI is InChI=1S/C33H35NO6/c1-3-5-6-7-8-11-21-37-28-16-14-25(15-17-28)32(35)40-29-18-19-31(38-20-4-2)30(22-29)33(36)39-24-27-13-10-9-12-26(27)23-34/h4,9-10,12-19,22H,2-3,5-8,11,20-21,24H2,1H3. The molecule has 0 atom stereocenters. The Morgan fingerprint density at radius 3 is 2.35 bits per heavy atom. The van der Waals surface area contributed by atoms with Gasteiger partial charge in [-0.2, -0.15) is 5.26 Å². The summed E-state index contributed by atoms with van der Waals surface area (Å²) >= 11 is 0. The maximum atomic E-state index is 13.0. The Morgan fingerprint density at radius 2 is 1.60 bits per heavy atom. The molecule has 0 heterocycles. The lowest BCUT2D eigenvalue weighted by molar-refractivity contribution is 0.0466. The van der Waals surface area contributed by atoms with Crippen LogP contribution in [0.2, 0.25) is 0 Å². The number of nitrogens with zero attached hydrogens (tertiary/aromatic N) is 1. The van der Waals surface area contributed by atoms with E-state index in [9.17, 15) is 14.9 Å². The van der Waals surface area contributed by atoms with Crippen LogP contribution in [0.1, 0.15) is 77.3 Å². The van der Waals surface area contributed by atoms with Crippen molar-refractivity contribution in [3.63, 3.8) is 0 Å². The van der Waals surface area contributed by atoms with E-state index in [4.69, 9.17) is 18.9 Å². The van der Waals surface area contributed by atoms with Crippen LogP contribution in [0.25, 0.3) is 0 Å². The first kappa shape index (κ1) is 30.0. The molecule has 0 aliphatic rings. The molecule has 208 valence electrons. The monoisotopic (exact) mass is 541 g/mol. The van der Waals surface area contributed by atoms with Gasteiger partial charge in [0.1, 0.15) is 36.0 Å². The highest BCUT2D eigenvalue weighted by Crippen LogP contribution is 2.27. The van der Waals surface area contributed by atoms with Crippen LogP contribution in [0, 0.1) is 11.3 Å². The van der Waals surface area contributed by atoms with E-state index in [1.807, 2.05) is 0 Å². The number of hydrogen-bond donors (Lipinski definition) is 0. The third-order valence-electron chi connectivity index (χ3n) is 6.09. The third kappa shape index (κ3) is 9.32. The van der Waals surface area contributed by atoms with Crippen molar-refractivity contribution in [3.05, 3.63) is 102 Å². The van der Waals surface area contributed by atoms with E-state index in [0.29, 0.717) is 29.0 Å². The molecule has 0 aliphatic carbocycles. The van der Waals surface area contributed by atoms with E-state index in [2.05, 4.69) is 19.6 Å². The van der Waals surface area contributed by atoms with Crippen molar-refractivity contribution in [1.29, 1.82) is 5.26 Å². The quantitative estimate of drug-likeness (QED) is 0.0805. The molecule has 0 aromatic heterocycles. The second-order valence-electron chi connectivity index (χ2n) is 9.13. The number of unbranched alkanes of at least 4 members (excludes halogenated alkanes) is 5. The van der Waals surface area contributed by atoms with Gasteiger partial charge >= 0.3 is 11.9 Å². The summed E-state index contributed by atoms with van der Waals surface area (Å²) in [6, 6.07) is 20.2. The van der Waals surface area contributed by atoms with E-state index in [1.165, 1.54) is 43.9 Å². The van der Waals surface area contributed by atoms with Crippen molar-refractivity contribution in [3.8, 4) is 23.3 Å². The van der Waals surface area contributed by atoms with Gasteiger partial charge in [-0.25, -0.2) is 9.59 Å². The number of esters is 2. The molecule has 0 fully saturated rings. The molecular weight excluding hydrogens is 506 g/mol. The lowest BCUT2D eigenvalue weighted by Gasteiger charge is -2.13. The third-order valence-corrected chi connectivity index (χ3v) is 6.09. The van der Waals surface area contributed by atoms with E-state index in [0.717, 1.165) is 12.8 Å². The molecule has 7 heteroatoms. The normalized spacial score (nSPS) is 10.3.